The van der Waals surface area contributed by atoms with Gasteiger partial charge in [-0.05, 0) is 25.1 Å². The first-order valence-electron chi connectivity index (χ1n) is 6.36. The number of fused-ring (bicyclic) bond motifs is 1. The van der Waals surface area contributed by atoms with E-state index in [9.17, 15) is 4.79 Å². The highest BCUT2D eigenvalue weighted by Gasteiger charge is 2.18. The van der Waals surface area contributed by atoms with Gasteiger partial charge in [-0.3, -0.25) is 4.79 Å². The lowest BCUT2D eigenvalue weighted by molar-refractivity contribution is 0.0740. The number of carbonyl (C=O) groups excluding carboxylic acids is 1. The molecule has 108 valence electrons. The number of halogens is 1. The second kappa shape index (κ2) is 5.21. The van der Waals surface area contributed by atoms with E-state index < -0.39 is 0 Å². The SMILES string of the molecule is Cc1cc(C(=O)N(C)Cc2nc3ccc(Cl)cc3[nH]2)on1. The Morgan fingerprint density at radius 3 is 2.95 bits per heavy atom. The predicted molar refractivity (Wildman–Crippen MR) is 78.1 cm³/mol. The lowest BCUT2D eigenvalue weighted by Gasteiger charge is -2.13. The number of imidazole rings is 1. The Morgan fingerprint density at radius 2 is 2.24 bits per heavy atom. The van der Waals surface area contributed by atoms with Crippen molar-refractivity contribution < 1.29 is 9.32 Å². The van der Waals surface area contributed by atoms with E-state index in [4.69, 9.17) is 16.1 Å². The smallest absolute Gasteiger partial charge is 0.292 e. The molecule has 0 bridgehead atoms. The van der Waals surface area contributed by atoms with Gasteiger partial charge in [-0.15, -0.1) is 0 Å². The standard InChI is InChI=1S/C14H13ClN4O2/c1-8-5-12(21-18-8)14(20)19(2)7-13-16-10-4-3-9(15)6-11(10)17-13/h3-6H,7H2,1-2H3,(H,16,17). The van der Waals surface area contributed by atoms with E-state index in [2.05, 4.69) is 15.1 Å². The van der Waals surface area contributed by atoms with Crippen LogP contribution in [0.3, 0.4) is 0 Å². The molecule has 0 spiro atoms. The van der Waals surface area contributed by atoms with Gasteiger partial charge in [0.25, 0.3) is 5.91 Å². The van der Waals surface area contributed by atoms with Gasteiger partial charge in [0.05, 0.1) is 23.3 Å². The summed E-state index contributed by atoms with van der Waals surface area (Å²) in [6.45, 7) is 2.11. The van der Waals surface area contributed by atoms with Gasteiger partial charge >= 0.3 is 0 Å². The van der Waals surface area contributed by atoms with Gasteiger partial charge in [-0.1, -0.05) is 16.8 Å². The molecule has 0 fully saturated rings. The number of H-pyrrole nitrogens is 1. The molecule has 3 aromatic rings. The van der Waals surface area contributed by atoms with Gasteiger partial charge in [-0.2, -0.15) is 0 Å². The summed E-state index contributed by atoms with van der Waals surface area (Å²) < 4.78 is 4.97. The molecule has 0 saturated carbocycles. The average molecular weight is 305 g/mol. The third kappa shape index (κ3) is 2.75. The quantitative estimate of drug-likeness (QED) is 0.807. The molecule has 0 aliphatic rings. The average Bonchev–Trinajstić information content (AvgIpc) is 3.03. The normalized spacial score (nSPS) is 11.0. The van der Waals surface area contributed by atoms with E-state index in [1.807, 2.05) is 6.07 Å². The number of rotatable bonds is 3. The number of aromatic amines is 1. The molecule has 3 rings (SSSR count). The molecule has 0 saturated heterocycles. The van der Waals surface area contributed by atoms with Crippen LogP contribution in [0, 0.1) is 6.92 Å². The summed E-state index contributed by atoms with van der Waals surface area (Å²) in [7, 11) is 1.68. The van der Waals surface area contributed by atoms with Gasteiger partial charge in [0, 0.05) is 18.1 Å². The Morgan fingerprint density at radius 1 is 1.43 bits per heavy atom. The summed E-state index contributed by atoms with van der Waals surface area (Å²) in [5.41, 5.74) is 2.32. The lowest BCUT2D eigenvalue weighted by Crippen LogP contribution is -2.26. The van der Waals surface area contributed by atoms with E-state index in [-0.39, 0.29) is 11.7 Å². The van der Waals surface area contributed by atoms with Gasteiger partial charge in [0.15, 0.2) is 0 Å². The summed E-state index contributed by atoms with van der Waals surface area (Å²) in [6.07, 6.45) is 0. The fourth-order valence-electron chi connectivity index (χ4n) is 2.06. The van der Waals surface area contributed by atoms with E-state index in [0.29, 0.717) is 23.1 Å². The van der Waals surface area contributed by atoms with Crippen molar-refractivity contribution >= 4 is 28.5 Å². The Hall–Kier alpha value is -2.34. The Balaban J connectivity index is 1.79. The van der Waals surface area contributed by atoms with Crippen molar-refractivity contribution in [1.82, 2.24) is 20.0 Å². The van der Waals surface area contributed by atoms with Gasteiger partial charge in [0.2, 0.25) is 5.76 Å². The molecule has 2 heterocycles. The van der Waals surface area contributed by atoms with E-state index in [1.165, 1.54) is 4.90 Å². The minimum atomic E-state index is -0.242. The number of benzene rings is 1. The maximum absolute atomic E-state index is 12.2. The van der Waals surface area contributed by atoms with Crippen LogP contribution in [-0.2, 0) is 6.54 Å². The maximum Gasteiger partial charge on any atom is 0.292 e. The predicted octanol–water partition coefficient (Wildman–Crippen LogP) is 2.78. The highest BCUT2D eigenvalue weighted by atomic mass is 35.5. The highest BCUT2D eigenvalue weighted by Crippen LogP contribution is 2.18. The Labute approximate surface area is 125 Å². The fourth-order valence-corrected chi connectivity index (χ4v) is 2.23. The van der Waals surface area contributed by atoms with Crippen molar-refractivity contribution in [3.63, 3.8) is 0 Å². The zero-order valence-electron chi connectivity index (χ0n) is 11.6. The van der Waals surface area contributed by atoms with Crippen LogP contribution in [0.5, 0.6) is 0 Å². The van der Waals surface area contributed by atoms with Crippen molar-refractivity contribution in [3.8, 4) is 0 Å². The third-order valence-corrected chi connectivity index (χ3v) is 3.30. The molecular weight excluding hydrogens is 292 g/mol. The minimum absolute atomic E-state index is 0.217. The van der Waals surface area contributed by atoms with Crippen LogP contribution in [0.1, 0.15) is 22.1 Å². The number of nitrogens with zero attached hydrogens (tertiary/aromatic N) is 3. The van der Waals surface area contributed by atoms with Crippen LogP contribution < -0.4 is 0 Å². The fraction of sp³-hybridized carbons (Fsp3) is 0.214. The van der Waals surface area contributed by atoms with Crippen molar-refractivity contribution in [3.05, 3.63) is 46.6 Å². The van der Waals surface area contributed by atoms with Crippen LogP contribution >= 0.6 is 11.6 Å². The molecule has 1 aromatic carbocycles. The first-order valence-corrected chi connectivity index (χ1v) is 6.73. The number of hydrogen-bond donors (Lipinski definition) is 1. The molecular formula is C14H13ClN4O2. The molecule has 7 heteroatoms. The number of nitrogens with one attached hydrogen (secondary N) is 1. The molecule has 2 aromatic heterocycles. The van der Waals surface area contributed by atoms with Gasteiger partial charge in [-0.25, -0.2) is 4.98 Å². The maximum atomic E-state index is 12.2. The molecule has 0 aliphatic heterocycles. The number of amides is 1. The summed E-state index contributed by atoms with van der Waals surface area (Å²) >= 11 is 5.93. The molecule has 0 unspecified atom stereocenters. The Bertz CT molecular complexity index is 808. The highest BCUT2D eigenvalue weighted by molar-refractivity contribution is 6.31. The molecule has 1 N–H and O–H groups in total. The molecule has 0 atom stereocenters. The van der Waals surface area contributed by atoms with Crippen LogP contribution in [0.2, 0.25) is 5.02 Å². The topological polar surface area (TPSA) is 75.0 Å². The first kappa shape index (κ1) is 13.6. The van der Waals surface area contributed by atoms with Crippen LogP contribution in [0.15, 0.2) is 28.8 Å². The zero-order chi connectivity index (χ0) is 15.0. The van der Waals surface area contributed by atoms with E-state index >= 15 is 0 Å². The summed E-state index contributed by atoms with van der Waals surface area (Å²) in [6, 6.07) is 7.02. The number of hydrogen-bond acceptors (Lipinski definition) is 4. The zero-order valence-corrected chi connectivity index (χ0v) is 12.3. The monoisotopic (exact) mass is 304 g/mol. The lowest BCUT2D eigenvalue weighted by atomic mass is 10.3. The molecule has 0 radical (unpaired) electrons. The van der Waals surface area contributed by atoms with Gasteiger partial charge in [0.1, 0.15) is 5.82 Å². The van der Waals surface area contributed by atoms with Crippen molar-refractivity contribution in [2.45, 2.75) is 13.5 Å². The molecule has 6 nitrogen and oxygen atoms in total. The first-order chi connectivity index (χ1) is 10.0. The summed E-state index contributed by atoms with van der Waals surface area (Å²) in [5, 5.41) is 4.35. The van der Waals surface area contributed by atoms with Gasteiger partial charge < -0.3 is 14.4 Å². The van der Waals surface area contributed by atoms with Crippen LogP contribution in [0.4, 0.5) is 0 Å². The second-order valence-electron chi connectivity index (χ2n) is 4.84. The van der Waals surface area contributed by atoms with Crippen molar-refractivity contribution in [2.75, 3.05) is 7.05 Å². The van der Waals surface area contributed by atoms with E-state index in [1.54, 1.807) is 32.2 Å². The molecule has 1 amide bonds. The number of aryl methyl sites for hydroxylation is 1. The van der Waals surface area contributed by atoms with E-state index in [0.717, 1.165) is 11.0 Å². The molecule has 0 aliphatic carbocycles. The van der Waals surface area contributed by atoms with Crippen LogP contribution in [-0.4, -0.2) is 33.0 Å². The number of aromatic nitrogens is 3. The Kier molecular flexibility index (Phi) is 3.39. The van der Waals surface area contributed by atoms with Crippen molar-refractivity contribution in [1.29, 1.82) is 0 Å². The molecule has 21 heavy (non-hydrogen) atoms. The van der Waals surface area contributed by atoms with Crippen LogP contribution in [0.25, 0.3) is 11.0 Å². The number of carbonyl (C=O) groups is 1. The largest absolute Gasteiger partial charge is 0.351 e. The minimum Gasteiger partial charge on any atom is -0.351 e. The summed E-state index contributed by atoms with van der Waals surface area (Å²) in [5.74, 6) is 0.655. The third-order valence-electron chi connectivity index (χ3n) is 3.07. The van der Waals surface area contributed by atoms with Crippen molar-refractivity contribution in [2.24, 2.45) is 0 Å². The second-order valence-corrected chi connectivity index (χ2v) is 5.28. The summed E-state index contributed by atoms with van der Waals surface area (Å²) in [4.78, 5) is 21.2.